The molecule has 118 valence electrons. The fraction of sp³-hybridized carbons (Fsp3) is 0.571. The van der Waals surface area contributed by atoms with Crippen molar-refractivity contribution in [1.29, 1.82) is 0 Å². The molecule has 2 rings (SSSR count). The van der Waals surface area contributed by atoms with Crippen LogP contribution in [0.3, 0.4) is 0 Å². The Bertz CT molecular complexity index is 583. The number of nitrogens with zero attached hydrogens (tertiary/aromatic N) is 1. The first kappa shape index (κ1) is 16.1. The molecule has 2 N–H and O–H groups in total. The summed E-state index contributed by atoms with van der Waals surface area (Å²) in [6.07, 6.45) is 1.77. The van der Waals surface area contributed by atoms with Crippen LogP contribution in [-0.4, -0.2) is 46.6 Å². The number of benzene rings is 1. The van der Waals surface area contributed by atoms with Gasteiger partial charge in [0.25, 0.3) is 0 Å². The quantitative estimate of drug-likeness (QED) is 0.829. The van der Waals surface area contributed by atoms with Crippen LogP contribution in [0.15, 0.2) is 23.1 Å². The van der Waals surface area contributed by atoms with Gasteiger partial charge in [0.05, 0.1) is 7.11 Å². The van der Waals surface area contributed by atoms with Crippen LogP contribution in [0.5, 0.6) is 5.75 Å². The third-order valence-electron chi connectivity index (χ3n) is 3.73. The van der Waals surface area contributed by atoms with E-state index in [2.05, 4.69) is 0 Å². The van der Waals surface area contributed by atoms with Crippen molar-refractivity contribution in [3.8, 4) is 5.75 Å². The Labute approximate surface area is 125 Å². The molecular weight excluding hydrogens is 292 g/mol. The lowest BCUT2D eigenvalue weighted by molar-refractivity contribution is 0.0620. The number of hydrogen-bond donors (Lipinski definition) is 1. The van der Waals surface area contributed by atoms with E-state index in [1.165, 1.54) is 17.5 Å². The second-order valence-electron chi connectivity index (χ2n) is 5.25. The highest BCUT2D eigenvalue weighted by molar-refractivity contribution is 7.89. The van der Waals surface area contributed by atoms with Crippen LogP contribution >= 0.6 is 0 Å². The molecule has 1 saturated heterocycles. The van der Waals surface area contributed by atoms with E-state index in [-0.39, 0.29) is 4.90 Å². The number of methoxy groups -OCH3 is 1. The molecule has 0 aliphatic carbocycles. The molecule has 21 heavy (non-hydrogen) atoms. The standard InChI is InChI=1S/C14H22N2O4S/c1-16(10-11-5-7-20-8-6-11)21(17,18)14-9-12(15)3-4-13(14)19-2/h3-4,9,11H,5-8,10,15H2,1-2H3. The maximum Gasteiger partial charge on any atom is 0.246 e. The van der Waals surface area contributed by atoms with Crippen LogP contribution in [0.4, 0.5) is 5.69 Å². The summed E-state index contributed by atoms with van der Waals surface area (Å²) in [4.78, 5) is 0.111. The van der Waals surface area contributed by atoms with E-state index in [9.17, 15) is 8.42 Å². The molecule has 1 aliphatic rings. The van der Waals surface area contributed by atoms with Crippen LogP contribution in [0.25, 0.3) is 0 Å². The van der Waals surface area contributed by atoms with Gasteiger partial charge in [0.15, 0.2) is 0 Å². The number of nitrogen functional groups attached to an aromatic ring is 1. The van der Waals surface area contributed by atoms with Gasteiger partial charge in [-0.1, -0.05) is 0 Å². The minimum atomic E-state index is -3.62. The highest BCUT2D eigenvalue weighted by Crippen LogP contribution is 2.29. The number of nitrogens with two attached hydrogens (primary N) is 1. The van der Waals surface area contributed by atoms with Gasteiger partial charge in [-0.25, -0.2) is 12.7 Å². The highest BCUT2D eigenvalue weighted by atomic mass is 32.2. The molecule has 0 spiro atoms. The topological polar surface area (TPSA) is 81.9 Å². The summed E-state index contributed by atoms with van der Waals surface area (Å²) in [5.74, 6) is 0.633. The lowest BCUT2D eigenvalue weighted by Gasteiger charge is -2.27. The molecule has 1 aromatic rings. The van der Waals surface area contributed by atoms with Crippen molar-refractivity contribution >= 4 is 15.7 Å². The molecule has 1 heterocycles. The Morgan fingerprint density at radius 3 is 2.67 bits per heavy atom. The van der Waals surface area contributed by atoms with Crippen LogP contribution in [-0.2, 0) is 14.8 Å². The fourth-order valence-electron chi connectivity index (χ4n) is 2.45. The number of hydrogen-bond acceptors (Lipinski definition) is 5. The third kappa shape index (κ3) is 3.66. The molecule has 0 unspecified atom stereocenters. The molecular formula is C14H22N2O4S. The van der Waals surface area contributed by atoms with Crippen LogP contribution in [0.1, 0.15) is 12.8 Å². The number of ether oxygens (including phenoxy) is 2. The Kier molecular flexibility index (Phi) is 5.08. The lowest BCUT2D eigenvalue weighted by atomic mass is 10.0. The van der Waals surface area contributed by atoms with Gasteiger partial charge >= 0.3 is 0 Å². The molecule has 1 aromatic carbocycles. The highest BCUT2D eigenvalue weighted by Gasteiger charge is 2.27. The first-order valence-electron chi connectivity index (χ1n) is 6.92. The fourth-order valence-corrected chi connectivity index (χ4v) is 3.89. The van der Waals surface area contributed by atoms with E-state index in [0.29, 0.717) is 37.1 Å². The Morgan fingerprint density at radius 2 is 2.05 bits per heavy atom. The molecule has 0 radical (unpaired) electrons. The average Bonchev–Trinajstić information content (AvgIpc) is 2.48. The molecule has 1 fully saturated rings. The predicted molar refractivity (Wildman–Crippen MR) is 80.8 cm³/mol. The summed E-state index contributed by atoms with van der Waals surface area (Å²) in [5.41, 5.74) is 6.11. The van der Waals surface area contributed by atoms with Gasteiger partial charge in [-0.2, -0.15) is 0 Å². The van der Waals surface area contributed by atoms with Crippen molar-refractivity contribution in [1.82, 2.24) is 4.31 Å². The Morgan fingerprint density at radius 1 is 1.38 bits per heavy atom. The van der Waals surface area contributed by atoms with E-state index >= 15 is 0 Å². The first-order chi connectivity index (χ1) is 9.95. The Hall–Kier alpha value is -1.31. The van der Waals surface area contributed by atoms with E-state index in [0.717, 1.165) is 12.8 Å². The SMILES string of the molecule is COc1ccc(N)cc1S(=O)(=O)N(C)CC1CCOCC1. The Balaban J connectivity index is 2.22. The van der Waals surface area contributed by atoms with Crippen LogP contribution in [0, 0.1) is 5.92 Å². The maximum atomic E-state index is 12.7. The van der Waals surface area contributed by atoms with Crippen molar-refractivity contribution < 1.29 is 17.9 Å². The second kappa shape index (κ2) is 6.64. The van der Waals surface area contributed by atoms with E-state index < -0.39 is 10.0 Å². The molecule has 0 saturated carbocycles. The van der Waals surface area contributed by atoms with Gasteiger partial charge in [0.2, 0.25) is 10.0 Å². The molecule has 0 aromatic heterocycles. The number of rotatable bonds is 5. The lowest BCUT2D eigenvalue weighted by Crippen LogP contribution is -2.34. The predicted octanol–water partition coefficient (Wildman–Crippen LogP) is 1.32. The smallest absolute Gasteiger partial charge is 0.246 e. The van der Waals surface area contributed by atoms with Crippen molar-refractivity contribution in [3.05, 3.63) is 18.2 Å². The van der Waals surface area contributed by atoms with Crippen molar-refractivity contribution in [2.24, 2.45) is 5.92 Å². The summed E-state index contributed by atoms with van der Waals surface area (Å²) < 4.78 is 37.2. The van der Waals surface area contributed by atoms with Crippen LogP contribution in [0.2, 0.25) is 0 Å². The largest absolute Gasteiger partial charge is 0.495 e. The number of anilines is 1. The van der Waals surface area contributed by atoms with E-state index in [1.54, 1.807) is 19.2 Å². The van der Waals surface area contributed by atoms with Crippen molar-refractivity contribution in [2.45, 2.75) is 17.7 Å². The monoisotopic (exact) mass is 314 g/mol. The maximum absolute atomic E-state index is 12.7. The minimum Gasteiger partial charge on any atom is -0.495 e. The zero-order valence-electron chi connectivity index (χ0n) is 12.4. The third-order valence-corrected chi connectivity index (χ3v) is 5.58. The van der Waals surface area contributed by atoms with Crippen molar-refractivity contribution in [2.75, 3.05) is 39.6 Å². The van der Waals surface area contributed by atoms with Crippen molar-refractivity contribution in [3.63, 3.8) is 0 Å². The summed E-state index contributed by atoms with van der Waals surface area (Å²) >= 11 is 0. The van der Waals surface area contributed by atoms with E-state index in [4.69, 9.17) is 15.2 Å². The summed E-state index contributed by atoms with van der Waals surface area (Å²) in [5, 5.41) is 0. The number of sulfonamides is 1. The zero-order chi connectivity index (χ0) is 15.5. The van der Waals surface area contributed by atoms with Gasteiger partial charge in [-0.15, -0.1) is 0 Å². The second-order valence-corrected chi connectivity index (χ2v) is 7.26. The van der Waals surface area contributed by atoms with Gasteiger partial charge in [-0.3, -0.25) is 0 Å². The van der Waals surface area contributed by atoms with Gasteiger partial charge in [-0.05, 0) is 37.0 Å². The first-order valence-corrected chi connectivity index (χ1v) is 8.36. The summed E-state index contributed by atoms with van der Waals surface area (Å²) in [7, 11) is -0.578. The summed E-state index contributed by atoms with van der Waals surface area (Å²) in [6.45, 7) is 1.87. The van der Waals surface area contributed by atoms with Gasteiger partial charge in [0, 0.05) is 32.5 Å². The molecule has 7 heteroatoms. The molecule has 0 amide bonds. The summed E-state index contributed by atoms with van der Waals surface area (Å²) in [6, 6.07) is 4.63. The normalized spacial score (nSPS) is 17.1. The molecule has 1 aliphatic heterocycles. The zero-order valence-corrected chi connectivity index (χ0v) is 13.2. The molecule has 0 atom stereocenters. The average molecular weight is 314 g/mol. The minimum absolute atomic E-state index is 0.111. The van der Waals surface area contributed by atoms with Gasteiger partial charge < -0.3 is 15.2 Å². The van der Waals surface area contributed by atoms with E-state index in [1.807, 2.05) is 0 Å². The van der Waals surface area contributed by atoms with Crippen LogP contribution < -0.4 is 10.5 Å². The van der Waals surface area contributed by atoms with Gasteiger partial charge in [0.1, 0.15) is 10.6 Å². The molecule has 0 bridgehead atoms. The molecule has 6 nitrogen and oxygen atoms in total.